The van der Waals surface area contributed by atoms with E-state index in [4.69, 9.17) is 10.5 Å². The number of hydrogen-bond donors (Lipinski definition) is 2. The van der Waals surface area contributed by atoms with Gasteiger partial charge in [0.15, 0.2) is 0 Å². The zero-order chi connectivity index (χ0) is 21.8. The van der Waals surface area contributed by atoms with Crippen LogP contribution in [0.1, 0.15) is 35.9 Å². The average Bonchev–Trinajstić information content (AvgIpc) is 3.33. The largest absolute Gasteiger partial charge is 0.438 e. The standard InChI is InChI=1S/C23H24N6O2/c1-15-27-22(29-8-2-3-9-29)11-23(28-15)31-21-10-16(12-24)4-6-18(21)19-7-5-17(14-26-19)20(30)13-25/h4-7,10-11,14,20,30H,2-3,8-9,13,25H2,1H3/t20-/m1/s1. The molecule has 2 aromatic heterocycles. The molecular weight excluding hydrogens is 392 g/mol. The molecule has 3 aromatic rings. The van der Waals surface area contributed by atoms with Gasteiger partial charge in [0.2, 0.25) is 5.88 Å². The van der Waals surface area contributed by atoms with Gasteiger partial charge in [-0.05, 0) is 44.0 Å². The highest BCUT2D eigenvalue weighted by Gasteiger charge is 2.17. The summed E-state index contributed by atoms with van der Waals surface area (Å²) in [6.07, 6.45) is 3.13. The van der Waals surface area contributed by atoms with Gasteiger partial charge in [-0.3, -0.25) is 4.98 Å². The molecule has 0 amide bonds. The van der Waals surface area contributed by atoms with Gasteiger partial charge in [0, 0.05) is 43.0 Å². The van der Waals surface area contributed by atoms with Crippen molar-refractivity contribution in [1.82, 2.24) is 15.0 Å². The third-order valence-corrected chi connectivity index (χ3v) is 5.23. The Morgan fingerprint density at radius 3 is 2.68 bits per heavy atom. The predicted molar refractivity (Wildman–Crippen MR) is 117 cm³/mol. The molecule has 0 bridgehead atoms. The fourth-order valence-corrected chi connectivity index (χ4v) is 3.58. The minimum atomic E-state index is -0.758. The number of ether oxygens (including phenoxy) is 1. The molecule has 1 aliphatic rings. The fraction of sp³-hybridized carbons (Fsp3) is 0.304. The minimum Gasteiger partial charge on any atom is -0.438 e. The molecule has 1 atom stereocenters. The van der Waals surface area contributed by atoms with Gasteiger partial charge >= 0.3 is 0 Å². The number of aryl methyl sites for hydroxylation is 1. The van der Waals surface area contributed by atoms with Crippen LogP contribution in [-0.4, -0.2) is 39.7 Å². The molecule has 1 aromatic carbocycles. The van der Waals surface area contributed by atoms with E-state index in [2.05, 4.69) is 25.9 Å². The summed E-state index contributed by atoms with van der Waals surface area (Å²) >= 11 is 0. The highest BCUT2D eigenvalue weighted by Crippen LogP contribution is 2.34. The van der Waals surface area contributed by atoms with Gasteiger partial charge < -0.3 is 20.5 Å². The molecule has 3 heterocycles. The Bertz CT molecular complexity index is 1100. The Hall–Kier alpha value is -3.54. The lowest BCUT2D eigenvalue weighted by Gasteiger charge is -2.18. The van der Waals surface area contributed by atoms with Crippen molar-refractivity contribution >= 4 is 5.82 Å². The van der Waals surface area contributed by atoms with Crippen LogP contribution in [0.25, 0.3) is 11.3 Å². The summed E-state index contributed by atoms with van der Waals surface area (Å²) in [6.45, 7) is 3.90. The molecule has 1 saturated heterocycles. The van der Waals surface area contributed by atoms with Crippen molar-refractivity contribution in [3.05, 3.63) is 59.5 Å². The smallest absolute Gasteiger partial charge is 0.224 e. The van der Waals surface area contributed by atoms with Crippen LogP contribution >= 0.6 is 0 Å². The highest BCUT2D eigenvalue weighted by molar-refractivity contribution is 5.69. The van der Waals surface area contributed by atoms with E-state index in [0.717, 1.165) is 31.7 Å². The molecule has 158 valence electrons. The third-order valence-electron chi connectivity index (χ3n) is 5.23. The highest BCUT2D eigenvalue weighted by atomic mass is 16.5. The molecule has 0 spiro atoms. The first-order chi connectivity index (χ1) is 15.1. The number of anilines is 1. The van der Waals surface area contributed by atoms with Crippen LogP contribution < -0.4 is 15.4 Å². The second-order valence-corrected chi connectivity index (χ2v) is 7.46. The summed E-state index contributed by atoms with van der Waals surface area (Å²) < 4.78 is 6.15. The number of benzene rings is 1. The maximum Gasteiger partial charge on any atom is 0.224 e. The van der Waals surface area contributed by atoms with E-state index < -0.39 is 6.10 Å². The second kappa shape index (κ2) is 9.08. The van der Waals surface area contributed by atoms with E-state index in [1.54, 1.807) is 36.5 Å². The number of aliphatic hydroxyl groups is 1. The molecule has 3 N–H and O–H groups in total. The summed E-state index contributed by atoms with van der Waals surface area (Å²) in [7, 11) is 0. The number of nitrogens with two attached hydrogens (primary N) is 1. The zero-order valence-electron chi connectivity index (χ0n) is 17.3. The quantitative estimate of drug-likeness (QED) is 0.629. The number of hydrogen-bond acceptors (Lipinski definition) is 8. The Morgan fingerprint density at radius 2 is 2.00 bits per heavy atom. The molecule has 8 heteroatoms. The summed E-state index contributed by atoms with van der Waals surface area (Å²) in [5.74, 6) is 2.36. The Kier molecular flexibility index (Phi) is 6.07. The lowest BCUT2D eigenvalue weighted by molar-refractivity contribution is 0.186. The number of pyridine rings is 1. The van der Waals surface area contributed by atoms with E-state index in [0.29, 0.717) is 39.8 Å². The Morgan fingerprint density at radius 1 is 1.19 bits per heavy atom. The van der Waals surface area contributed by atoms with Crippen molar-refractivity contribution < 1.29 is 9.84 Å². The van der Waals surface area contributed by atoms with Crippen LogP contribution in [0.4, 0.5) is 5.82 Å². The maximum absolute atomic E-state index is 9.91. The fourth-order valence-electron chi connectivity index (χ4n) is 3.58. The topological polar surface area (TPSA) is 121 Å². The van der Waals surface area contributed by atoms with Gasteiger partial charge in [-0.15, -0.1) is 0 Å². The first-order valence-corrected chi connectivity index (χ1v) is 10.2. The van der Waals surface area contributed by atoms with Crippen molar-refractivity contribution in [2.24, 2.45) is 5.73 Å². The Labute approximate surface area is 181 Å². The first-order valence-electron chi connectivity index (χ1n) is 10.2. The summed E-state index contributed by atoms with van der Waals surface area (Å²) in [5, 5.41) is 19.3. The third kappa shape index (κ3) is 4.63. The van der Waals surface area contributed by atoms with Crippen LogP contribution in [0, 0.1) is 18.3 Å². The van der Waals surface area contributed by atoms with E-state index in [9.17, 15) is 10.4 Å². The van der Waals surface area contributed by atoms with E-state index >= 15 is 0 Å². The van der Waals surface area contributed by atoms with Gasteiger partial charge in [0.1, 0.15) is 17.4 Å². The number of rotatable bonds is 6. The van der Waals surface area contributed by atoms with Gasteiger partial charge in [-0.25, -0.2) is 4.98 Å². The lowest BCUT2D eigenvalue weighted by Crippen LogP contribution is -2.19. The number of aliphatic hydroxyl groups excluding tert-OH is 1. The molecule has 0 unspecified atom stereocenters. The van der Waals surface area contributed by atoms with E-state index in [1.165, 1.54) is 0 Å². The molecule has 0 radical (unpaired) electrons. The van der Waals surface area contributed by atoms with Crippen LogP contribution in [0.3, 0.4) is 0 Å². The van der Waals surface area contributed by atoms with Crippen molar-refractivity contribution in [2.45, 2.75) is 25.9 Å². The maximum atomic E-state index is 9.91. The van der Waals surface area contributed by atoms with Crippen LogP contribution in [0.2, 0.25) is 0 Å². The number of aromatic nitrogens is 3. The zero-order valence-corrected chi connectivity index (χ0v) is 17.3. The average molecular weight is 416 g/mol. The van der Waals surface area contributed by atoms with Crippen LogP contribution in [0.5, 0.6) is 11.6 Å². The van der Waals surface area contributed by atoms with Crippen molar-refractivity contribution in [3.8, 4) is 29.0 Å². The van der Waals surface area contributed by atoms with Gasteiger partial charge in [0.25, 0.3) is 0 Å². The van der Waals surface area contributed by atoms with Crippen molar-refractivity contribution in [3.63, 3.8) is 0 Å². The molecular formula is C23H24N6O2. The normalized spacial score (nSPS) is 14.3. The monoisotopic (exact) mass is 416 g/mol. The molecule has 8 nitrogen and oxygen atoms in total. The van der Waals surface area contributed by atoms with Gasteiger partial charge in [-0.2, -0.15) is 10.2 Å². The Balaban J connectivity index is 1.69. The molecule has 1 fully saturated rings. The predicted octanol–water partition coefficient (Wildman–Crippen LogP) is 3.10. The minimum absolute atomic E-state index is 0.124. The second-order valence-electron chi connectivity index (χ2n) is 7.46. The van der Waals surface area contributed by atoms with Gasteiger partial charge in [-0.1, -0.05) is 6.07 Å². The first kappa shape index (κ1) is 20.7. The van der Waals surface area contributed by atoms with Gasteiger partial charge in [0.05, 0.1) is 23.4 Å². The molecule has 1 aliphatic heterocycles. The van der Waals surface area contributed by atoms with Crippen LogP contribution in [0.15, 0.2) is 42.6 Å². The summed E-state index contributed by atoms with van der Waals surface area (Å²) in [5.41, 5.74) is 8.00. The lowest BCUT2D eigenvalue weighted by atomic mass is 10.1. The van der Waals surface area contributed by atoms with Crippen molar-refractivity contribution in [2.75, 3.05) is 24.5 Å². The SMILES string of the molecule is Cc1nc(Oc2cc(C#N)ccc2-c2ccc([C@H](O)CN)cn2)cc(N2CCCC2)n1. The molecule has 4 rings (SSSR count). The number of nitrogens with zero attached hydrogens (tertiary/aromatic N) is 5. The molecule has 31 heavy (non-hydrogen) atoms. The molecule has 0 aliphatic carbocycles. The van der Waals surface area contributed by atoms with E-state index in [1.807, 2.05) is 13.0 Å². The summed E-state index contributed by atoms with van der Waals surface area (Å²) in [6, 6.07) is 12.7. The molecule has 0 saturated carbocycles. The summed E-state index contributed by atoms with van der Waals surface area (Å²) in [4.78, 5) is 15.6. The van der Waals surface area contributed by atoms with E-state index in [-0.39, 0.29) is 6.54 Å². The van der Waals surface area contributed by atoms with Crippen LogP contribution in [-0.2, 0) is 0 Å². The van der Waals surface area contributed by atoms with Crippen molar-refractivity contribution in [1.29, 1.82) is 5.26 Å². The number of nitriles is 1.